The number of hydrogen-bond donors (Lipinski definition) is 5. The van der Waals surface area contributed by atoms with E-state index in [1.807, 2.05) is 26.0 Å². The summed E-state index contributed by atoms with van der Waals surface area (Å²) in [6.45, 7) is 12.0. The number of aromatic nitrogens is 2. The van der Waals surface area contributed by atoms with Gasteiger partial charge < -0.3 is 31.2 Å². The van der Waals surface area contributed by atoms with Crippen molar-refractivity contribution in [2.75, 3.05) is 0 Å². The fourth-order valence-electron chi connectivity index (χ4n) is 4.43. The first-order valence-electron chi connectivity index (χ1n) is 13.4. The molecule has 0 aliphatic heterocycles. The van der Waals surface area contributed by atoms with Gasteiger partial charge in [0.25, 0.3) is 5.91 Å². The molecule has 0 unspecified atom stereocenters. The van der Waals surface area contributed by atoms with Crippen LogP contribution < -0.4 is 16.4 Å². The number of nitrogens with zero attached hydrogens (tertiary/aromatic N) is 1. The maximum Gasteiger partial charge on any atom is 0.405 e. The lowest BCUT2D eigenvalue weighted by Crippen LogP contribution is -2.55. The van der Waals surface area contributed by atoms with E-state index in [2.05, 4.69) is 41.0 Å². The number of aliphatic hydroxyl groups excluding tert-OH is 1. The summed E-state index contributed by atoms with van der Waals surface area (Å²) in [6, 6.07) is 7.45. The summed E-state index contributed by atoms with van der Waals surface area (Å²) >= 11 is 0. The van der Waals surface area contributed by atoms with Gasteiger partial charge in [0.2, 0.25) is 5.91 Å². The maximum atomic E-state index is 13.6. The molecule has 0 radical (unpaired) electrons. The first-order valence-corrected chi connectivity index (χ1v) is 13.4. The molecule has 0 saturated carbocycles. The zero-order chi connectivity index (χ0) is 28.9. The van der Waals surface area contributed by atoms with Crippen molar-refractivity contribution in [3.63, 3.8) is 0 Å². The molecule has 0 aliphatic rings. The number of aromatic amines is 1. The predicted molar refractivity (Wildman–Crippen MR) is 149 cm³/mol. The molecule has 1 heterocycles. The Balaban J connectivity index is 2.25. The summed E-state index contributed by atoms with van der Waals surface area (Å²) in [5.41, 5.74) is 6.55. The molecule has 1 aromatic carbocycles. The molecule has 3 amide bonds. The molecule has 214 valence electrons. The molecule has 0 saturated heterocycles. The highest BCUT2D eigenvalue weighted by molar-refractivity contribution is 5.90. The van der Waals surface area contributed by atoms with Crippen molar-refractivity contribution in [1.82, 2.24) is 20.6 Å². The van der Waals surface area contributed by atoms with E-state index in [9.17, 15) is 19.5 Å². The van der Waals surface area contributed by atoms with Gasteiger partial charge in [-0.3, -0.25) is 9.59 Å². The summed E-state index contributed by atoms with van der Waals surface area (Å²) in [5.74, 6) is -0.583. The monoisotopic (exact) mass is 541 g/mol. The van der Waals surface area contributed by atoms with Crippen molar-refractivity contribution in [1.29, 1.82) is 0 Å². The Bertz CT molecular complexity index is 1040. The number of allylic oxidation sites excluding steroid dienone is 1. The van der Waals surface area contributed by atoms with Gasteiger partial charge in [-0.25, -0.2) is 9.78 Å². The normalized spacial score (nSPS) is 15.2. The smallest absolute Gasteiger partial charge is 0.405 e. The van der Waals surface area contributed by atoms with Crippen molar-refractivity contribution in [2.24, 2.45) is 23.5 Å². The number of ether oxygens (including phenoxy) is 1. The van der Waals surface area contributed by atoms with Crippen LogP contribution in [0, 0.1) is 17.8 Å². The molecule has 10 nitrogen and oxygen atoms in total. The van der Waals surface area contributed by atoms with Gasteiger partial charge in [-0.1, -0.05) is 64.1 Å². The van der Waals surface area contributed by atoms with Gasteiger partial charge in [0.1, 0.15) is 6.04 Å². The molecule has 2 aromatic rings. The topological polar surface area (TPSA) is 159 Å². The molecular weight excluding hydrogens is 498 g/mol. The van der Waals surface area contributed by atoms with Crippen LogP contribution in [-0.4, -0.2) is 57.3 Å². The maximum absolute atomic E-state index is 13.6. The summed E-state index contributed by atoms with van der Waals surface area (Å²) in [6.07, 6.45) is 2.94. The summed E-state index contributed by atoms with van der Waals surface area (Å²) < 4.78 is 5.11. The fourth-order valence-corrected chi connectivity index (χ4v) is 4.43. The third-order valence-electron chi connectivity index (χ3n) is 6.61. The molecule has 1 aromatic heterocycles. The highest BCUT2D eigenvalue weighted by atomic mass is 16.6. The number of H-pyrrole nitrogens is 1. The number of carbonyl (C=O) groups is 3. The van der Waals surface area contributed by atoms with Crippen molar-refractivity contribution < 1.29 is 24.2 Å². The predicted octanol–water partition coefficient (Wildman–Crippen LogP) is 2.88. The van der Waals surface area contributed by atoms with E-state index < -0.39 is 42.2 Å². The second-order valence-corrected chi connectivity index (χ2v) is 10.6. The van der Waals surface area contributed by atoms with Gasteiger partial charge >= 0.3 is 6.09 Å². The highest BCUT2D eigenvalue weighted by Gasteiger charge is 2.32. The van der Waals surface area contributed by atoms with Crippen molar-refractivity contribution in [3.05, 3.63) is 66.8 Å². The number of imidazole rings is 1. The fraction of sp³-hybridized carbons (Fsp3) is 0.517. The first-order chi connectivity index (χ1) is 18.5. The van der Waals surface area contributed by atoms with Crippen LogP contribution in [0.15, 0.2) is 55.5 Å². The van der Waals surface area contributed by atoms with E-state index in [1.54, 1.807) is 30.5 Å². The molecule has 10 heteroatoms. The van der Waals surface area contributed by atoms with Crippen LogP contribution in [0.5, 0.6) is 0 Å². The van der Waals surface area contributed by atoms with Crippen LogP contribution in [0.3, 0.4) is 0 Å². The van der Waals surface area contributed by atoms with Crippen molar-refractivity contribution in [3.8, 4) is 0 Å². The summed E-state index contributed by atoms with van der Waals surface area (Å²) in [5, 5.41) is 16.8. The van der Waals surface area contributed by atoms with Gasteiger partial charge in [0, 0.05) is 19.0 Å². The summed E-state index contributed by atoms with van der Waals surface area (Å²) in [4.78, 5) is 45.4. The average Bonchev–Trinajstić information content (AvgIpc) is 3.39. The van der Waals surface area contributed by atoms with Crippen molar-refractivity contribution in [2.45, 2.75) is 77.7 Å². The Labute approximate surface area is 230 Å². The van der Waals surface area contributed by atoms with E-state index in [0.29, 0.717) is 18.5 Å². The zero-order valence-electron chi connectivity index (χ0n) is 23.3. The number of amides is 3. The number of primary amides is 1. The number of hydrogen-bond acceptors (Lipinski definition) is 6. The number of aliphatic hydroxyl groups is 1. The Morgan fingerprint density at radius 3 is 2.31 bits per heavy atom. The number of rotatable bonds is 16. The number of benzene rings is 1. The zero-order valence-corrected chi connectivity index (χ0v) is 23.3. The van der Waals surface area contributed by atoms with E-state index in [-0.39, 0.29) is 30.6 Å². The van der Waals surface area contributed by atoms with Crippen LogP contribution in [-0.2, 0) is 27.2 Å². The third-order valence-corrected chi connectivity index (χ3v) is 6.61. The summed E-state index contributed by atoms with van der Waals surface area (Å²) in [7, 11) is 0. The average molecular weight is 542 g/mol. The second-order valence-electron chi connectivity index (χ2n) is 10.6. The lowest BCUT2D eigenvalue weighted by molar-refractivity contribution is -0.134. The second kappa shape index (κ2) is 15.7. The van der Waals surface area contributed by atoms with Crippen LogP contribution in [0.2, 0.25) is 0 Å². The van der Waals surface area contributed by atoms with Crippen LogP contribution >= 0.6 is 0 Å². The minimum Gasteiger partial charge on any atom is -0.436 e. The molecule has 39 heavy (non-hydrogen) atoms. The van der Waals surface area contributed by atoms with Gasteiger partial charge in [-0.2, -0.15) is 0 Å². The lowest BCUT2D eigenvalue weighted by Gasteiger charge is -2.30. The highest BCUT2D eigenvalue weighted by Crippen LogP contribution is 2.22. The molecular formula is C29H43N5O5. The Morgan fingerprint density at radius 1 is 1.08 bits per heavy atom. The number of nitrogens with one attached hydrogen (secondary N) is 3. The minimum absolute atomic E-state index is 0.0795. The quantitative estimate of drug-likeness (QED) is 0.206. The molecule has 0 bridgehead atoms. The van der Waals surface area contributed by atoms with E-state index in [0.717, 1.165) is 5.56 Å². The lowest BCUT2D eigenvalue weighted by atomic mass is 9.86. The van der Waals surface area contributed by atoms with Gasteiger partial charge in [0.15, 0.2) is 6.10 Å². The van der Waals surface area contributed by atoms with E-state index >= 15 is 0 Å². The largest absolute Gasteiger partial charge is 0.436 e. The Morgan fingerprint density at radius 2 is 1.77 bits per heavy atom. The molecule has 0 fully saturated rings. The molecule has 5 atom stereocenters. The molecule has 6 N–H and O–H groups in total. The number of nitrogens with two attached hydrogens (primary N) is 1. The SMILES string of the molecule is C=C[C@@H](C[C@H](O)[C@H](CC(C)C)NC(=O)[C@H](Cc1c[nH]cn1)NC(=O)[C@H](Cc1ccccc1)OC(N)=O)C(C)C. The third kappa shape index (κ3) is 10.9. The number of carbonyl (C=O) groups excluding carboxylic acids is 3. The Hall–Kier alpha value is -3.66. The molecule has 0 spiro atoms. The minimum atomic E-state index is -1.24. The van der Waals surface area contributed by atoms with Crippen molar-refractivity contribution >= 4 is 17.9 Å². The first kappa shape index (κ1) is 31.6. The van der Waals surface area contributed by atoms with Crippen LogP contribution in [0.25, 0.3) is 0 Å². The molecule has 0 aliphatic carbocycles. The Kier molecular flexibility index (Phi) is 12.7. The van der Waals surface area contributed by atoms with Gasteiger partial charge in [0.05, 0.1) is 24.2 Å². The van der Waals surface area contributed by atoms with E-state index in [1.165, 1.54) is 6.33 Å². The van der Waals surface area contributed by atoms with Gasteiger partial charge in [-0.15, -0.1) is 6.58 Å². The molecule has 2 rings (SSSR count). The standard InChI is InChI=1S/C29H43N5O5/c1-6-21(19(4)5)14-25(35)23(12-18(2)3)33-27(36)24(15-22-16-31-17-32-22)34-28(37)26(39-29(30)38)13-20-10-8-7-9-11-20/h6-11,16-19,21,23-26,35H,1,12-15H2,2-5H3,(H2,30,38)(H,31,32)(H,33,36)(H,34,37)/t21-,23-,24-,25-,26-/m0/s1. The van der Waals surface area contributed by atoms with Crippen LogP contribution in [0.1, 0.15) is 51.8 Å². The van der Waals surface area contributed by atoms with Crippen LogP contribution in [0.4, 0.5) is 4.79 Å². The van der Waals surface area contributed by atoms with Gasteiger partial charge in [-0.05, 0) is 36.2 Å². The van der Waals surface area contributed by atoms with E-state index in [4.69, 9.17) is 10.5 Å².